The average Bonchev–Trinajstić information content (AvgIpc) is 3.30. The van der Waals surface area contributed by atoms with Gasteiger partial charge in [-0.3, -0.25) is 0 Å². The lowest BCUT2D eigenvalue weighted by atomic mass is 10.0. The van der Waals surface area contributed by atoms with E-state index in [9.17, 15) is 0 Å². The maximum Gasteiger partial charge on any atom is 0.120 e. The molecule has 2 aromatic rings. The predicted molar refractivity (Wildman–Crippen MR) is 79.0 cm³/mol. The number of hydrogen-bond donors (Lipinski definition) is 0. The number of allylic oxidation sites excluding steroid dienone is 1. The van der Waals surface area contributed by atoms with E-state index in [2.05, 4.69) is 30.8 Å². The van der Waals surface area contributed by atoms with E-state index in [-0.39, 0.29) is 0 Å². The lowest BCUT2D eigenvalue weighted by molar-refractivity contribution is 0.306. The number of benzene rings is 2. The molecule has 1 aliphatic rings. The van der Waals surface area contributed by atoms with Gasteiger partial charge in [0.05, 0.1) is 0 Å². The molecule has 0 atom stereocenters. The van der Waals surface area contributed by atoms with Crippen LogP contribution in [0.4, 0.5) is 0 Å². The Morgan fingerprint density at radius 1 is 1.05 bits per heavy atom. The van der Waals surface area contributed by atoms with Crippen LogP contribution in [0, 0.1) is 5.92 Å². The highest BCUT2D eigenvalue weighted by atomic mass is 16.5. The summed E-state index contributed by atoms with van der Waals surface area (Å²) >= 11 is 0. The predicted octanol–water partition coefficient (Wildman–Crippen LogP) is 4.69. The standard InChI is InChI=1S/C18H18O/c1-14(16-10-11-16)17-8-5-9-18(12-17)19-13-15-6-3-2-4-7-15/h2-9,12,16H,1,10-11,13H2. The molecule has 19 heavy (non-hydrogen) atoms. The van der Waals surface area contributed by atoms with Crippen molar-refractivity contribution < 1.29 is 4.74 Å². The van der Waals surface area contributed by atoms with E-state index in [1.54, 1.807) is 0 Å². The topological polar surface area (TPSA) is 9.23 Å². The van der Waals surface area contributed by atoms with E-state index in [1.807, 2.05) is 30.3 Å². The molecule has 0 bridgehead atoms. The van der Waals surface area contributed by atoms with Crippen molar-refractivity contribution in [1.82, 2.24) is 0 Å². The maximum atomic E-state index is 5.84. The molecule has 0 aliphatic heterocycles. The SMILES string of the molecule is C=C(c1cccc(OCc2ccccc2)c1)C1CC1. The molecule has 0 heterocycles. The van der Waals surface area contributed by atoms with Gasteiger partial charge in [-0.15, -0.1) is 0 Å². The molecule has 1 aliphatic carbocycles. The largest absolute Gasteiger partial charge is 0.489 e. The second kappa shape index (κ2) is 5.31. The van der Waals surface area contributed by atoms with Crippen molar-refractivity contribution in [3.05, 3.63) is 72.3 Å². The van der Waals surface area contributed by atoms with Crippen LogP contribution in [0.2, 0.25) is 0 Å². The first-order valence-electron chi connectivity index (χ1n) is 6.79. The Kier molecular flexibility index (Phi) is 3.37. The van der Waals surface area contributed by atoms with Gasteiger partial charge in [-0.25, -0.2) is 0 Å². The first-order chi connectivity index (χ1) is 9.33. The van der Waals surface area contributed by atoms with Gasteiger partial charge in [0.15, 0.2) is 0 Å². The van der Waals surface area contributed by atoms with Crippen LogP contribution in [0.1, 0.15) is 24.0 Å². The van der Waals surface area contributed by atoms with Gasteiger partial charge in [0.25, 0.3) is 0 Å². The fourth-order valence-electron chi connectivity index (χ4n) is 2.19. The van der Waals surface area contributed by atoms with Gasteiger partial charge < -0.3 is 4.74 Å². The minimum Gasteiger partial charge on any atom is -0.489 e. The van der Waals surface area contributed by atoms with Crippen molar-refractivity contribution >= 4 is 5.57 Å². The maximum absolute atomic E-state index is 5.84. The summed E-state index contributed by atoms with van der Waals surface area (Å²) in [4.78, 5) is 0. The normalized spacial score (nSPS) is 14.1. The van der Waals surface area contributed by atoms with Crippen LogP contribution in [0.5, 0.6) is 5.75 Å². The first kappa shape index (κ1) is 12.0. The zero-order valence-electron chi connectivity index (χ0n) is 11.0. The van der Waals surface area contributed by atoms with Crippen molar-refractivity contribution in [3.8, 4) is 5.75 Å². The highest BCUT2D eigenvalue weighted by Crippen LogP contribution is 2.41. The van der Waals surface area contributed by atoms with E-state index in [0.717, 1.165) is 5.75 Å². The van der Waals surface area contributed by atoms with Crippen LogP contribution in [-0.2, 0) is 6.61 Å². The third-order valence-corrected chi connectivity index (χ3v) is 3.52. The molecule has 0 aromatic heterocycles. The molecule has 0 saturated heterocycles. The molecule has 3 rings (SSSR count). The summed E-state index contributed by atoms with van der Waals surface area (Å²) in [5.74, 6) is 1.62. The van der Waals surface area contributed by atoms with E-state index >= 15 is 0 Å². The van der Waals surface area contributed by atoms with Crippen molar-refractivity contribution in [1.29, 1.82) is 0 Å². The minimum absolute atomic E-state index is 0.611. The van der Waals surface area contributed by atoms with Crippen molar-refractivity contribution in [2.24, 2.45) is 5.92 Å². The summed E-state index contributed by atoms with van der Waals surface area (Å²) in [5.41, 5.74) is 3.66. The van der Waals surface area contributed by atoms with Crippen LogP contribution in [0.3, 0.4) is 0 Å². The first-order valence-corrected chi connectivity index (χ1v) is 6.79. The Labute approximate surface area is 114 Å². The lowest BCUT2D eigenvalue weighted by Gasteiger charge is -2.09. The molecule has 0 radical (unpaired) electrons. The number of hydrogen-bond acceptors (Lipinski definition) is 1. The lowest BCUT2D eigenvalue weighted by Crippen LogP contribution is -1.95. The summed E-state index contributed by atoms with van der Waals surface area (Å²) in [6.45, 7) is 4.80. The fraction of sp³-hybridized carbons (Fsp3) is 0.222. The second-order valence-electron chi connectivity index (χ2n) is 5.10. The molecular weight excluding hydrogens is 232 g/mol. The summed E-state index contributed by atoms with van der Waals surface area (Å²) < 4.78 is 5.84. The zero-order valence-corrected chi connectivity index (χ0v) is 11.0. The van der Waals surface area contributed by atoms with Gasteiger partial charge in [-0.05, 0) is 47.6 Å². The third kappa shape index (κ3) is 3.05. The highest BCUT2D eigenvalue weighted by molar-refractivity contribution is 5.68. The average molecular weight is 250 g/mol. The summed E-state index contributed by atoms with van der Waals surface area (Å²) in [7, 11) is 0. The Balaban J connectivity index is 1.67. The van der Waals surface area contributed by atoms with Crippen LogP contribution in [0.25, 0.3) is 5.57 Å². The second-order valence-corrected chi connectivity index (χ2v) is 5.10. The quantitative estimate of drug-likeness (QED) is 0.748. The monoisotopic (exact) mass is 250 g/mol. The van der Waals surface area contributed by atoms with Gasteiger partial charge in [0.1, 0.15) is 12.4 Å². The molecule has 1 fully saturated rings. The highest BCUT2D eigenvalue weighted by Gasteiger charge is 2.25. The van der Waals surface area contributed by atoms with Gasteiger partial charge in [-0.1, -0.05) is 49.0 Å². The molecule has 96 valence electrons. The number of ether oxygens (including phenoxy) is 1. The third-order valence-electron chi connectivity index (χ3n) is 3.52. The van der Waals surface area contributed by atoms with E-state index < -0.39 is 0 Å². The molecule has 1 heteroatoms. The molecule has 1 nitrogen and oxygen atoms in total. The van der Waals surface area contributed by atoms with E-state index in [1.165, 1.54) is 29.5 Å². The molecule has 0 spiro atoms. The van der Waals surface area contributed by atoms with Crippen molar-refractivity contribution in [2.75, 3.05) is 0 Å². The zero-order chi connectivity index (χ0) is 13.1. The van der Waals surface area contributed by atoms with Crippen LogP contribution in [-0.4, -0.2) is 0 Å². The number of rotatable bonds is 5. The molecule has 1 saturated carbocycles. The van der Waals surface area contributed by atoms with Crippen molar-refractivity contribution in [2.45, 2.75) is 19.4 Å². The molecule has 0 amide bonds. The van der Waals surface area contributed by atoms with E-state index in [0.29, 0.717) is 12.5 Å². The Bertz CT molecular complexity index is 567. The summed E-state index contributed by atoms with van der Waals surface area (Å²) in [6.07, 6.45) is 2.57. The fourth-order valence-corrected chi connectivity index (χ4v) is 2.19. The molecule has 0 N–H and O–H groups in total. The minimum atomic E-state index is 0.611. The summed E-state index contributed by atoms with van der Waals surface area (Å²) in [5, 5.41) is 0. The van der Waals surface area contributed by atoms with Crippen LogP contribution in [0.15, 0.2) is 61.2 Å². The van der Waals surface area contributed by atoms with Crippen molar-refractivity contribution in [3.63, 3.8) is 0 Å². The Hall–Kier alpha value is -2.02. The molecule has 2 aromatic carbocycles. The van der Waals surface area contributed by atoms with E-state index in [4.69, 9.17) is 4.74 Å². The van der Waals surface area contributed by atoms with Crippen LogP contribution < -0.4 is 4.74 Å². The summed E-state index contributed by atoms with van der Waals surface area (Å²) in [6, 6.07) is 18.5. The van der Waals surface area contributed by atoms with Crippen LogP contribution >= 0.6 is 0 Å². The Morgan fingerprint density at radius 2 is 1.84 bits per heavy atom. The molecule has 0 unspecified atom stereocenters. The smallest absolute Gasteiger partial charge is 0.120 e. The van der Waals surface area contributed by atoms with Gasteiger partial charge in [0.2, 0.25) is 0 Å². The van der Waals surface area contributed by atoms with Gasteiger partial charge in [0, 0.05) is 0 Å². The Morgan fingerprint density at radius 3 is 2.58 bits per heavy atom. The van der Waals surface area contributed by atoms with Gasteiger partial charge >= 0.3 is 0 Å². The molecular formula is C18H18O. The van der Waals surface area contributed by atoms with Gasteiger partial charge in [-0.2, -0.15) is 0 Å².